The summed E-state index contributed by atoms with van der Waals surface area (Å²) in [6, 6.07) is 9.75. The van der Waals surface area contributed by atoms with Crippen LogP contribution in [0, 0.1) is 6.92 Å². The first-order chi connectivity index (χ1) is 8.63. The van der Waals surface area contributed by atoms with Crippen LogP contribution in [0.15, 0.2) is 34.8 Å². The van der Waals surface area contributed by atoms with Gasteiger partial charge in [0.05, 0.1) is 5.69 Å². The zero-order chi connectivity index (χ0) is 12.7. The maximum atomic E-state index is 5.94. The van der Waals surface area contributed by atoms with Gasteiger partial charge in [0, 0.05) is 15.4 Å². The molecule has 0 saturated heterocycles. The average molecular weight is 323 g/mol. The number of nitrogens with zero attached hydrogens (tertiary/aromatic N) is 2. The topological polar surface area (TPSA) is 41.6 Å². The Balaban J connectivity index is 2.20. The van der Waals surface area contributed by atoms with E-state index in [0.29, 0.717) is 11.0 Å². The van der Waals surface area contributed by atoms with Crippen molar-refractivity contribution in [2.24, 2.45) is 0 Å². The van der Waals surface area contributed by atoms with Gasteiger partial charge < -0.3 is 4.98 Å². The van der Waals surface area contributed by atoms with E-state index < -0.39 is 0 Å². The van der Waals surface area contributed by atoms with E-state index in [0.717, 1.165) is 26.8 Å². The van der Waals surface area contributed by atoms with Crippen LogP contribution in [-0.4, -0.2) is 15.0 Å². The number of nitrogens with one attached hydrogen (secondary N) is 1. The van der Waals surface area contributed by atoms with Gasteiger partial charge in [0.15, 0.2) is 5.82 Å². The third-order valence-corrected chi connectivity index (χ3v) is 3.48. The summed E-state index contributed by atoms with van der Waals surface area (Å²) in [4.78, 5) is 12.0. The molecule has 90 valence electrons. The number of fused-ring (bicyclic) bond motifs is 1. The van der Waals surface area contributed by atoms with Gasteiger partial charge in [0.1, 0.15) is 10.8 Å². The van der Waals surface area contributed by atoms with E-state index in [4.69, 9.17) is 11.6 Å². The monoisotopic (exact) mass is 321 g/mol. The molecule has 0 atom stereocenters. The van der Waals surface area contributed by atoms with Crippen molar-refractivity contribution in [3.63, 3.8) is 0 Å². The molecular weight excluding hydrogens is 314 g/mol. The van der Waals surface area contributed by atoms with Crippen LogP contribution >= 0.6 is 27.5 Å². The number of hydrogen-bond acceptors (Lipinski definition) is 2. The van der Waals surface area contributed by atoms with Gasteiger partial charge in [-0.05, 0) is 25.1 Å². The van der Waals surface area contributed by atoms with Crippen molar-refractivity contribution in [2.75, 3.05) is 0 Å². The van der Waals surface area contributed by atoms with Crippen molar-refractivity contribution in [1.29, 1.82) is 0 Å². The van der Waals surface area contributed by atoms with Crippen molar-refractivity contribution in [3.8, 4) is 11.4 Å². The number of H-pyrrole nitrogens is 1. The van der Waals surface area contributed by atoms with E-state index in [9.17, 15) is 0 Å². The van der Waals surface area contributed by atoms with Crippen LogP contribution in [0.25, 0.3) is 22.4 Å². The third kappa shape index (κ3) is 2.02. The summed E-state index contributed by atoms with van der Waals surface area (Å²) < 4.78 is 1.03. The van der Waals surface area contributed by atoms with E-state index in [2.05, 4.69) is 30.9 Å². The molecule has 0 aliphatic rings. The summed E-state index contributed by atoms with van der Waals surface area (Å²) in [6.45, 7) is 1.95. The molecule has 5 heteroatoms. The fourth-order valence-corrected chi connectivity index (χ4v) is 2.32. The fourth-order valence-electron chi connectivity index (χ4n) is 1.85. The predicted molar refractivity (Wildman–Crippen MR) is 76.8 cm³/mol. The van der Waals surface area contributed by atoms with Crippen molar-refractivity contribution in [2.45, 2.75) is 6.92 Å². The first kappa shape index (κ1) is 11.7. The Kier molecular flexibility index (Phi) is 2.84. The molecule has 3 rings (SSSR count). The summed E-state index contributed by atoms with van der Waals surface area (Å²) in [6.07, 6.45) is 0. The molecule has 1 N–H and O–H groups in total. The number of rotatable bonds is 1. The molecule has 2 aromatic heterocycles. The van der Waals surface area contributed by atoms with Crippen molar-refractivity contribution in [3.05, 3.63) is 45.7 Å². The quantitative estimate of drug-likeness (QED) is 0.723. The van der Waals surface area contributed by atoms with Gasteiger partial charge in [-0.15, -0.1) is 0 Å². The predicted octanol–water partition coefficient (Wildman–Crippen LogP) is 4.35. The third-order valence-electron chi connectivity index (χ3n) is 2.75. The van der Waals surface area contributed by atoms with Crippen LogP contribution in [0.4, 0.5) is 0 Å². The van der Waals surface area contributed by atoms with E-state index in [1.54, 1.807) is 0 Å². The minimum atomic E-state index is 0.579. The highest BCUT2D eigenvalue weighted by Crippen LogP contribution is 2.24. The normalized spacial score (nSPS) is 11.1. The molecule has 3 nitrogen and oxygen atoms in total. The van der Waals surface area contributed by atoms with Gasteiger partial charge in [-0.2, -0.15) is 0 Å². The smallest absolute Gasteiger partial charge is 0.161 e. The van der Waals surface area contributed by atoms with Gasteiger partial charge in [0.2, 0.25) is 0 Å². The largest absolute Gasteiger partial charge is 0.330 e. The van der Waals surface area contributed by atoms with Crippen molar-refractivity contribution in [1.82, 2.24) is 15.0 Å². The SMILES string of the molecule is Cc1nc(-c2ccc(Br)cc2)nc2[nH]c(Cl)cc12. The van der Waals surface area contributed by atoms with Crippen LogP contribution in [-0.2, 0) is 0 Å². The summed E-state index contributed by atoms with van der Waals surface area (Å²) in [7, 11) is 0. The molecule has 2 heterocycles. The summed E-state index contributed by atoms with van der Waals surface area (Å²) in [5.74, 6) is 0.700. The number of hydrogen-bond donors (Lipinski definition) is 1. The number of halogens is 2. The lowest BCUT2D eigenvalue weighted by molar-refractivity contribution is 1.15. The van der Waals surface area contributed by atoms with Gasteiger partial charge in [-0.1, -0.05) is 39.7 Å². The Labute approximate surface area is 117 Å². The first-order valence-electron chi connectivity index (χ1n) is 5.42. The highest BCUT2D eigenvalue weighted by molar-refractivity contribution is 9.10. The molecule has 0 aliphatic heterocycles. The zero-order valence-corrected chi connectivity index (χ0v) is 11.9. The van der Waals surface area contributed by atoms with Crippen LogP contribution in [0.5, 0.6) is 0 Å². The standard InChI is InChI=1S/C13H9BrClN3/c1-7-10-6-11(15)17-13(10)18-12(16-7)8-2-4-9(14)5-3-8/h2-6H,1H3,(H,16,17,18). The van der Waals surface area contributed by atoms with Gasteiger partial charge in [0.25, 0.3) is 0 Å². The number of aryl methyl sites for hydroxylation is 1. The molecule has 0 unspecified atom stereocenters. The second kappa shape index (κ2) is 4.37. The zero-order valence-electron chi connectivity index (χ0n) is 9.54. The second-order valence-electron chi connectivity index (χ2n) is 4.02. The number of aromatic amines is 1. The molecule has 0 aliphatic carbocycles. The molecule has 1 aromatic carbocycles. The maximum absolute atomic E-state index is 5.94. The Hall–Kier alpha value is -1.39. The lowest BCUT2D eigenvalue weighted by atomic mass is 10.2. The number of benzene rings is 1. The summed E-state index contributed by atoms with van der Waals surface area (Å²) in [5.41, 5.74) is 2.67. The second-order valence-corrected chi connectivity index (χ2v) is 5.34. The first-order valence-corrected chi connectivity index (χ1v) is 6.59. The minimum Gasteiger partial charge on any atom is -0.330 e. The van der Waals surface area contributed by atoms with Crippen molar-refractivity contribution >= 4 is 38.6 Å². The average Bonchev–Trinajstić information content (AvgIpc) is 2.71. The van der Waals surface area contributed by atoms with Crippen LogP contribution < -0.4 is 0 Å². The van der Waals surface area contributed by atoms with E-state index in [1.165, 1.54) is 0 Å². The highest BCUT2D eigenvalue weighted by Gasteiger charge is 2.09. The molecule has 0 bridgehead atoms. The van der Waals surface area contributed by atoms with Crippen LogP contribution in [0.2, 0.25) is 5.15 Å². The molecular formula is C13H9BrClN3. The highest BCUT2D eigenvalue weighted by atomic mass is 79.9. The lowest BCUT2D eigenvalue weighted by Crippen LogP contribution is -1.92. The van der Waals surface area contributed by atoms with Crippen molar-refractivity contribution < 1.29 is 0 Å². The Morgan fingerprint density at radius 3 is 2.61 bits per heavy atom. The van der Waals surface area contributed by atoms with Crippen LogP contribution in [0.3, 0.4) is 0 Å². The molecule has 0 fully saturated rings. The van der Waals surface area contributed by atoms with E-state index in [-0.39, 0.29) is 0 Å². The molecule has 3 aromatic rings. The van der Waals surface area contributed by atoms with Gasteiger partial charge in [-0.3, -0.25) is 0 Å². The molecule has 0 saturated carbocycles. The van der Waals surface area contributed by atoms with E-state index in [1.807, 2.05) is 37.3 Å². The summed E-state index contributed by atoms with van der Waals surface area (Å²) >= 11 is 9.36. The maximum Gasteiger partial charge on any atom is 0.161 e. The summed E-state index contributed by atoms with van der Waals surface area (Å²) in [5, 5.41) is 1.54. The molecule has 18 heavy (non-hydrogen) atoms. The minimum absolute atomic E-state index is 0.579. The molecule has 0 amide bonds. The Bertz CT molecular complexity index is 719. The Morgan fingerprint density at radius 2 is 1.89 bits per heavy atom. The molecule has 0 spiro atoms. The fraction of sp³-hybridized carbons (Fsp3) is 0.0769. The Morgan fingerprint density at radius 1 is 1.17 bits per heavy atom. The van der Waals surface area contributed by atoms with Gasteiger partial charge in [-0.25, -0.2) is 9.97 Å². The number of aromatic nitrogens is 3. The van der Waals surface area contributed by atoms with E-state index >= 15 is 0 Å². The lowest BCUT2D eigenvalue weighted by Gasteiger charge is -2.02. The van der Waals surface area contributed by atoms with Crippen LogP contribution in [0.1, 0.15) is 5.69 Å². The van der Waals surface area contributed by atoms with Gasteiger partial charge >= 0.3 is 0 Å². The molecule has 0 radical (unpaired) electrons.